The van der Waals surface area contributed by atoms with Crippen LogP contribution in [-0.2, 0) is 0 Å². The Kier molecular flexibility index (Phi) is 7.84. The summed E-state index contributed by atoms with van der Waals surface area (Å²) in [6.07, 6.45) is 6.76. The van der Waals surface area contributed by atoms with Crippen molar-refractivity contribution >= 4 is 70.1 Å². The van der Waals surface area contributed by atoms with Crippen LogP contribution in [0, 0.1) is 0 Å². The summed E-state index contributed by atoms with van der Waals surface area (Å²) in [5.74, 6) is 0.709. The maximum atomic E-state index is 2.45. The van der Waals surface area contributed by atoms with Gasteiger partial charge >= 0.3 is 0 Å². The van der Waals surface area contributed by atoms with Crippen LogP contribution in [0.15, 0.2) is 170 Å². The summed E-state index contributed by atoms with van der Waals surface area (Å²) in [6.45, 7) is 0. The SMILES string of the molecule is c1ccc(N(c2cccc(-c3cccc4c3ccc3ccccc34)c2)c2ccc3sc4cc(-c5cccc(C6CCCCC6)c5)ccc4c3c2)cc1. The van der Waals surface area contributed by atoms with Crippen LogP contribution in [0.25, 0.3) is 64.0 Å². The van der Waals surface area contributed by atoms with E-state index in [9.17, 15) is 0 Å². The zero-order chi connectivity index (χ0) is 34.4. The van der Waals surface area contributed by atoms with Gasteiger partial charge in [-0.25, -0.2) is 0 Å². The van der Waals surface area contributed by atoms with Crippen molar-refractivity contribution in [3.8, 4) is 22.3 Å². The minimum Gasteiger partial charge on any atom is -0.310 e. The number of hydrogen-bond acceptors (Lipinski definition) is 2. The number of fused-ring (bicyclic) bond motifs is 6. The molecule has 8 aromatic carbocycles. The Morgan fingerprint density at radius 3 is 2.06 bits per heavy atom. The fraction of sp³-hybridized carbons (Fsp3) is 0.120. The van der Waals surface area contributed by atoms with Crippen LogP contribution in [0.1, 0.15) is 43.6 Å². The average Bonchev–Trinajstić information content (AvgIpc) is 3.59. The van der Waals surface area contributed by atoms with Gasteiger partial charge in [-0.1, -0.05) is 141 Å². The Bertz CT molecular complexity index is 2730. The first-order chi connectivity index (χ1) is 25.8. The number of thiophene rings is 1. The smallest absolute Gasteiger partial charge is 0.0468 e. The van der Waals surface area contributed by atoms with Gasteiger partial charge in [0.25, 0.3) is 0 Å². The minimum absolute atomic E-state index is 0.709. The Hall–Kier alpha value is -5.70. The monoisotopic (exact) mass is 685 g/mol. The third-order valence-corrected chi connectivity index (χ3v) is 12.4. The highest BCUT2D eigenvalue weighted by Gasteiger charge is 2.18. The maximum Gasteiger partial charge on any atom is 0.0468 e. The molecule has 1 heterocycles. The van der Waals surface area contributed by atoms with Crippen molar-refractivity contribution < 1.29 is 0 Å². The number of rotatable bonds is 6. The highest BCUT2D eigenvalue weighted by molar-refractivity contribution is 7.25. The van der Waals surface area contributed by atoms with Gasteiger partial charge in [0, 0.05) is 37.2 Å². The predicted molar refractivity (Wildman–Crippen MR) is 226 cm³/mol. The van der Waals surface area contributed by atoms with Crippen molar-refractivity contribution in [1.82, 2.24) is 0 Å². The summed E-state index contributed by atoms with van der Waals surface area (Å²) < 4.78 is 2.65. The fourth-order valence-corrected chi connectivity index (χ4v) is 9.75. The van der Waals surface area contributed by atoms with Crippen LogP contribution in [0.2, 0.25) is 0 Å². The molecule has 0 saturated heterocycles. The van der Waals surface area contributed by atoms with E-state index in [2.05, 4.69) is 175 Å². The molecule has 1 aromatic heterocycles. The number of anilines is 3. The fourth-order valence-electron chi connectivity index (χ4n) is 8.62. The third kappa shape index (κ3) is 5.55. The van der Waals surface area contributed by atoms with E-state index in [0.29, 0.717) is 5.92 Å². The van der Waals surface area contributed by atoms with Crippen LogP contribution in [0.3, 0.4) is 0 Å². The molecule has 0 spiro atoms. The Labute approximate surface area is 309 Å². The number of nitrogens with zero attached hydrogens (tertiary/aromatic N) is 1. The zero-order valence-corrected chi connectivity index (χ0v) is 30.0. The molecule has 0 N–H and O–H groups in total. The van der Waals surface area contributed by atoms with E-state index in [-0.39, 0.29) is 0 Å². The van der Waals surface area contributed by atoms with E-state index < -0.39 is 0 Å². The van der Waals surface area contributed by atoms with Crippen molar-refractivity contribution in [2.24, 2.45) is 0 Å². The summed E-state index contributed by atoms with van der Waals surface area (Å²) in [5, 5.41) is 7.75. The number of para-hydroxylation sites is 1. The standard InChI is InChI=1S/C50H39NS/c1-3-12-34(13-4-1)36-15-9-16-37(30-36)38-25-28-47-48-33-42(26-29-49(48)52-50(47)32-38)51(40-18-5-2-6-19-40)41-20-10-17-39(31-41)44-22-11-23-45-43-21-8-7-14-35(43)24-27-46(44)45/h2,5-11,14-34H,1,3-4,12-13H2. The largest absolute Gasteiger partial charge is 0.310 e. The Morgan fingerprint density at radius 2 is 1.13 bits per heavy atom. The maximum absolute atomic E-state index is 2.45. The lowest BCUT2D eigenvalue weighted by Gasteiger charge is -2.26. The number of benzene rings is 8. The van der Waals surface area contributed by atoms with Crippen molar-refractivity contribution in [2.75, 3.05) is 4.90 Å². The lowest BCUT2D eigenvalue weighted by atomic mass is 9.83. The molecule has 1 saturated carbocycles. The summed E-state index contributed by atoms with van der Waals surface area (Å²) in [7, 11) is 0. The molecule has 1 nitrogen and oxygen atoms in total. The molecule has 2 heteroatoms. The molecule has 0 aliphatic heterocycles. The second-order valence-corrected chi connectivity index (χ2v) is 15.4. The van der Waals surface area contributed by atoms with Gasteiger partial charge in [-0.05, 0) is 117 Å². The molecule has 10 rings (SSSR count). The lowest BCUT2D eigenvalue weighted by molar-refractivity contribution is 0.444. The van der Waals surface area contributed by atoms with Gasteiger partial charge in [-0.3, -0.25) is 0 Å². The van der Waals surface area contributed by atoms with Gasteiger partial charge in [0.15, 0.2) is 0 Å². The lowest BCUT2D eigenvalue weighted by Crippen LogP contribution is -2.09. The van der Waals surface area contributed by atoms with E-state index in [1.807, 2.05) is 11.3 Å². The van der Waals surface area contributed by atoms with Gasteiger partial charge in [-0.15, -0.1) is 11.3 Å². The molecule has 250 valence electrons. The van der Waals surface area contributed by atoms with E-state index in [0.717, 1.165) is 17.1 Å². The van der Waals surface area contributed by atoms with Crippen molar-refractivity contribution in [3.63, 3.8) is 0 Å². The molecule has 1 aliphatic carbocycles. The van der Waals surface area contributed by atoms with Crippen LogP contribution in [0.4, 0.5) is 17.1 Å². The quantitative estimate of drug-likeness (QED) is 0.158. The van der Waals surface area contributed by atoms with Crippen molar-refractivity contribution in [2.45, 2.75) is 38.0 Å². The highest BCUT2D eigenvalue weighted by Crippen LogP contribution is 2.43. The van der Waals surface area contributed by atoms with E-state index >= 15 is 0 Å². The average molecular weight is 686 g/mol. The molecule has 0 bridgehead atoms. The molecule has 0 unspecified atom stereocenters. The summed E-state index contributed by atoms with van der Waals surface area (Å²) in [5.41, 5.74) is 10.0. The van der Waals surface area contributed by atoms with Crippen LogP contribution >= 0.6 is 11.3 Å². The molecule has 52 heavy (non-hydrogen) atoms. The minimum atomic E-state index is 0.709. The van der Waals surface area contributed by atoms with Gasteiger partial charge in [0.1, 0.15) is 0 Å². The molecule has 0 radical (unpaired) electrons. The Morgan fingerprint density at radius 1 is 0.404 bits per heavy atom. The summed E-state index contributed by atoms with van der Waals surface area (Å²) >= 11 is 1.90. The predicted octanol–water partition coefficient (Wildman–Crippen LogP) is 15.2. The second-order valence-electron chi connectivity index (χ2n) is 14.4. The summed E-state index contributed by atoms with van der Waals surface area (Å²) in [4.78, 5) is 2.40. The second kappa shape index (κ2) is 13.1. The van der Waals surface area contributed by atoms with E-state index in [1.165, 1.54) is 102 Å². The first-order valence-electron chi connectivity index (χ1n) is 18.7. The molecular formula is C50H39NS. The molecule has 1 fully saturated rings. The third-order valence-electron chi connectivity index (χ3n) is 11.2. The van der Waals surface area contributed by atoms with Gasteiger partial charge < -0.3 is 4.90 Å². The van der Waals surface area contributed by atoms with Gasteiger partial charge in [0.05, 0.1) is 0 Å². The van der Waals surface area contributed by atoms with Crippen LogP contribution in [-0.4, -0.2) is 0 Å². The molecule has 0 amide bonds. The van der Waals surface area contributed by atoms with Crippen LogP contribution < -0.4 is 4.90 Å². The Balaban J connectivity index is 1.06. The number of hydrogen-bond donors (Lipinski definition) is 0. The first kappa shape index (κ1) is 31.1. The molecule has 0 atom stereocenters. The highest BCUT2D eigenvalue weighted by atomic mass is 32.1. The van der Waals surface area contributed by atoms with Crippen molar-refractivity contribution in [1.29, 1.82) is 0 Å². The topological polar surface area (TPSA) is 3.24 Å². The van der Waals surface area contributed by atoms with E-state index in [4.69, 9.17) is 0 Å². The molecular weight excluding hydrogens is 647 g/mol. The van der Waals surface area contributed by atoms with Gasteiger partial charge in [-0.2, -0.15) is 0 Å². The normalized spacial score (nSPS) is 13.7. The van der Waals surface area contributed by atoms with Crippen molar-refractivity contribution in [3.05, 3.63) is 175 Å². The first-order valence-corrected chi connectivity index (χ1v) is 19.5. The molecule has 1 aliphatic rings. The van der Waals surface area contributed by atoms with Crippen LogP contribution in [0.5, 0.6) is 0 Å². The summed E-state index contributed by atoms with van der Waals surface area (Å²) in [6, 6.07) is 63.1. The van der Waals surface area contributed by atoms with E-state index in [1.54, 1.807) is 0 Å². The zero-order valence-electron chi connectivity index (χ0n) is 29.1. The van der Waals surface area contributed by atoms with Gasteiger partial charge in [0.2, 0.25) is 0 Å². The molecule has 9 aromatic rings.